The Morgan fingerprint density at radius 1 is 1.11 bits per heavy atom. The van der Waals surface area contributed by atoms with E-state index < -0.39 is 0 Å². The molecule has 2 unspecified atom stereocenters. The number of piperazine rings is 1. The van der Waals surface area contributed by atoms with Crippen molar-refractivity contribution in [2.45, 2.75) is 69.7 Å². The van der Waals surface area contributed by atoms with Crippen LogP contribution >= 0.6 is 0 Å². The van der Waals surface area contributed by atoms with Gasteiger partial charge in [-0.15, -0.1) is 0 Å². The Morgan fingerprint density at radius 2 is 1.94 bits per heavy atom. The number of rotatable bonds is 3. The molecule has 1 aliphatic carbocycles. The van der Waals surface area contributed by atoms with Crippen LogP contribution in [-0.2, 0) is 4.74 Å². The zero-order valence-electron chi connectivity index (χ0n) is 12.0. The van der Waals surface area contributed by atoms with Crippen molar-refractivity contribution in [1.29, 1.82) is 0 Å². The van der Waals surface area contributed by atoms with Gasteiger partial charge in [0, 0.05) is 38.3 Å². The van der Waals surface area contributed by atoms with Crippen LogP contribution in [0.4, 0.5) is 0 Å². The Labute approximate surface area is 111 Å². The molecule has 104 valence electrons. The first-order chi connectivity index (χ1) is 8.81. The Bertz CT molecular complexity index is 278. The molecule has 3 heteroatoms. The van der Waals surface area contributed by atoms with Crippen LogP contribution in [0.3, 0.4) is 0 Å². The highest BCUT2D eigenvalue weighted by Gasteiger charge is 2.41. The van der Waals surface area contributed by atoms with E-state index in [1.54, 1.807) is 0 Å². The maximum absolute atomic E-state index is 5.45. The normalized spacial score (nSPS) is 42.3. The summed E-state index contributed by atoms with van der Waals surface area (Å²) in [4.78, 5) is 5.59. The summed E-state index contributed by atoms with van der Waals surface area (Å²) in [5.41, 5.74) is 0. The van der Waals surface area contributed by atoms with Crippen molar-refractivity contribution in [3.63, 3.8) is 0 Å². The molecular weight excluding hydrogens is 224 g/mol. The average molecular weight is 252 g/mol. The van der Waals surface area contributed by atoms with Gasteiger partial charge in [-0.2, -0.15) is 0 Å². The summed E-state index contributed by atoms with van der Waals surface area (Å²) in [6.07, 6.45) is 8.65. The molecule has 0 aromatic rings. The fourth-order valence-corrected chi connectivity index (χ4v) is 4.09. The molecule has 2 heterocycles. The first-order valence-electron chi connectivity index (χ1n) is 7.84. The molecular formula is C15H28N2O. The number of methoxy groups -OCH3 is 1. The molecule has 3 aliphatic rings. The van der Waals surface area contributed by atoms with E-state index in [2.05, 4.69) is 16.7 Å². The van der Waals surface area contributed by atoms with Gasteiger partial charge in [-0.25, -0.2) is 0 Å². The number of nitrogens with zero attached hydrogens (tertiary/aromatic N) is 2. The second-order valence-corrected chi connectivity index (χ2v) is 6.39. The SMILES string of the molecule is CCC1CN2CCCCC2CN1C1CC(OC)C1. The third-order valence-corrected chi connectivity index (χ3v) is 5.43. The summed E-state index contributed by atoms with van der Waals surface area (Å²) in [6, 6.07) is 2.45. The van der Waals surface area contributed by atoms with E-state index in [1.165, 1.54) is 58.2 Å². The largest absolute Gasteiger partial charge is 0.381 e. The molecule has 18 heavy (non-hydrogen) atoms. The minimum Gasteiger partial charge on any atom is -0.381 e. The minimum atomic E-state index is 0.539. The third-order valence-electron chi connectivity index (χ3n) is 5.43. The fraction of sp³-hybridized carbons (Fsp3) is 1.00. The lowest BCUT2D eigenvalue weighted by molar-refractivity contribution is -0.0804. The molecule has 0 spiro atoms. The van der Waals surface area contributed by atoms with Crippen LogP contribution in [0.15, 0.2) is 0 Å². The van der Waals surface area contributed by atoms with Crippen LogP contribution in [0, 0.1) is 0 Å². The summed E-state index contributed by atoms with van der Waals surface area (Å²) >= 11 is 0. The second-order valence-electron chi connectivity index (χ2n) is 6.39. The number of hydrogen-bond acceptors (Lipinski definition) is 3. The Morgan fingerprint density at radius 3 is 2.67 bits per heavy atom. The van der Waals surface area contributed by atoms with E-state index in [0.29, 0.717) is 6.10 Å². The van der Waals surface area contributed by atoms with Gasteiger partial charge < -0.3 is 4.74 Å². The molecule has 0 bridgehead atoms. The summed E-state index contributed by atoms with van der Waals surface area (Å²) in [6.45, 7) is 6.34. The van der Waals surface area contributed by atoms with Gasteiger partial charge in [-0.3, -0.25) is 9.80 Å². The Balaban J connectivity index is 1.62. The fourth-order valence-electron chi connectivity index (χ4n) is 4.09. The van der Waals surface area contributed by atoms with Crippen LogP contribution < -0.4 is 0 Å². The van der Waals surface area contributed by atoms with Gasteiger partial charge in [-0.1, -0.05) is 13.3 Å². The van der Waals surface area contributed by atoms with Crippen LogP contribution in [0.2, 0.25) is 0 Å². The first kappa shape index (κ1) is 12.9. The Kier molecular flexibility index (Phi) is 3.92. The number of piperidine rings is 1. The molecule has 0 amide bonds. The van der Waals surface area contributed by atoms with Crippen molar-refractivity contribution < 1.29 is 4.74 Å². The molecule has 3 rings (SSSR count). The van der Waals surface area contributed by atoms with Gasteiger partial charge in [0.15, 0.2) is 0 Å². The van der Waals surface area contributed by atoms with Crippen molar-refractivity contribution in [2.24, 2.45) is 0 Å². The van der Waals surface area contributed by atoms with E-state index in [9.17, 15) is 0 Å². The van der Waals surface area contributed by atoms with Crippen molar-refractivity contribution >= 4 is 0 Å². The highest BCUT2D eigenvalue weighted by Crippen LogP contribution is 2.34. The second kappa shape index (κ2) is 5.48. The summed E-state index contributed by atoms with van der Waals surface area (Å²) in [5, 5.41) is 0. The van der Waals surface area contributed by atoms with Gasteiger partial charge in [0.1, 0.15) is 0 Å². The van der Waals surface area contributed by atoms with Crippen molar-refractivity contribution in [1.82, 2.24) is 9.80 Å². The molecule has 0 aromatic heterocycles. The molecule has 3 nitrogen and oxygen atoms in total. The number of fused-ring (bicyclic) bond motifs is 1. The standard InChI is InChI=1S/C15H28N2O/c1-3-12-10-16-7-5-4-6-13(16)11-17(12)14-8-15(9-14)18-2/h12-15H,3-11H2,1-2H3. The maximum atomic E-state index is 5.45. The van der Waals surface area contributed by atoms with Crippen LogP contribution in [0.5, 0.6) is 0 Å². The van der Waals surface area contributed by atoms with E-state index in [1.807, 2.05) is 7.11 Å². The van der Waals surface area contributed by atoms with Gasteiger partial charge >= 0.3 is 0 Å². The topological polar surface area (TPSA) is 15.7 Å². The van der Waals surface area contributed by atoms with Gasteiger partial charge in [0.05, 0.1) is 6.10 Å². The quantitative estimate of drug-likeness (QED) is 0.765. The Hall–Kier alpha value is -0.120. The van der Waals surface area contributed by atoms with Crippen molar-refractivity contribution in [3.05, 3.63) is 0 Å². The summed E-state index contributed by atoms with van der Waals surface area (Å²) in [7, 11) is 1.86. The highest BCUT2D eigenvalue weighted by molar-refractivity contribution is 4.97. The molecule has 2 saturated heterocycles. The van der Waals surface area contributed by atoms with E-state index in [-0.39, 0.29) is 0 Å². The van der Waals surface area contributed by atoms with Gasteiger partial charge in [0.25, 0.3) is 0 Å². The third kappa shape index (κ3) is 2.33. The molecule has 1 saturated carbocycles. The highest BCUT2D eigenvalue weighted by atomic mass is 16.5. The summed E-state index contributed by atoms with van der Waals surface area (Å²) in [5.74, 6) is 0. The van der Waals surface area contributed by atoms with Gasteiger partial charge in [-0.05, 0) is 38.6 Å². The van der Waals surface area contributed by atoms with Crippen LogP contribution in [-0.4, -0.2) is 60.8 Å². The molecule has 2 atom stereocenters. The average Bonchev–Trinajstić information content (AvgIpc) is 2.36. The first-order valence-corrected chi connectivity index (χ1v) is 7.84. The van der Waals surface area contributed by atoms with Crippen molar-refractivity contribution in [2.75, 3.05) is 26.7 Å². The van der Waals surface area contributed by atoms with E-state index >= 15 is 0 Å². The lowest BCUT2D eigenvalue weighted by atomic mass is 9.84. The van der Waals surface area contributed by atoms with Crippen LogP contribution in [0.25, 0.3) is 0 Å². The molecule has 3 fully saturated rings. The van der Waals surface area contributed by atoms with Crippen LogP contribution in [0.1, 0.15) is 45.4 Å². The zero-order valence-corrected chi connectivity index (χ0v) is 12.0. The minimum absolute atomic E-state index is 0.539. The van der Waals surface area contributed by atoms with Gasteiger partial charge in [0.2, 0.25) is 0 Å². The number of ether oxygens (including phenoxy) is 1. The molecule has 0 N–H and O–H groups in total. The van der Waals surface area contributed by atoms with E-state index in [4.69, 9.17) is 4.74 Å². The molecule has 2 aliphatic heterocycles. The predicted molar refractivity (Wildman–Crippen MR) is 73.8 cm³/mol. The van der Waals surface area contributed by atoms with Crippen molar-refractivity contribution in [3.8, 4) is 0 Å². The smallest absolute Gasteiger partial charge is 0.0601 e. The lowest BCUT2D eigenvalue weighted by Gasteiger charge is -2.54. The summed E-state index contributed by atoms with van der Waals surface area (Å²) < 4.78 is 5.45. The maximum Gasteiger partial charge on any atom is 0.0601 e. The van der Waals surface area contributed by atoms with E-state index in [0.717, 1.165) is 18.1 Å². The molecule has 0 aromatic carbocycles. The molecule has 0 radical (unpaired) electrons. The zero-order chi connectivity index (χ0) is 12.5. The number of hydrogen-bond donors (Lipinski definition) is 0. The monoisotopic (exact) mass is 252 g/mol. The predicted octanol–water partition coefficient (Wildman–Crippen LogP) is 2.11. The lowest BCUT2D eigenvalue weighted by Crippen LogP contribution is -2.64.